The van der Waals surface area contributed by atoms with Crippen LogP contribution in [0.25, 0.3) is 0 Å². The molecule has 0 radical (unpaired) electrons. The normalized spacial score (nSPS) is 19.6. The molecule has 2 aliphatic rings. The van der Waals surface area contributed by atoms with Crippen LogP contribution in [0, 0.1) is 0 Å². The summed E-state index contributed by atoms with van der Waals surface area (Å²) in [6.45, 7) is 4.06. The van der Waals surface area contributed by atoms with E-state index in [1.807, 2.05) is 43.3 Å². The highest BCUT2D eigenvalue weighted by Crippen LogP contribution is 2.56. The first-order valence-corrected chi connectivity index (χ1v) is 9.68. The molecule has 2 aliphatic heterocycles. The van der Waals surface area contributed by atoms with Gasteiger partial charge in [-0.15, -0.1) is 0 Å². The van der Waals surface area contributed by atoms with E-state index in [1.54, 1.807) is 18.2 Å². The number of hydrogen-bond acceptors (Lipinski definition) is 5. The Balaban J connectivity index is 1.76. The summed E-state index contributed by atoms with van der Waals surface area (Å²) in [5.41, 5.74) is 1.57. The molecular formula is C24H20O5. The molecule has 0 fully saturated rings. The Morgan fingerprint density at radius 2 is 1.72 bits per heavy atom. The third-order valence-corrected chi connectivity index (χ3v) is 5.58. The van der Waals surface area contributed by atoms with Gasteiger partial charge >= 0.3 is 5.97 Å². The fourth-order valence-electron chi connectivity index (χ4n) is 4.03. The maximum absolute atomic E-state index is 12.7. The Kier molecular flexibility index (Phi) is 3.81. The van der Waals surface area contributed by atoms with Crippen molar-refractivity contribution in [1.29, 1.82) is 0 Å². The second-order valence-electron chi connectivity index (χ2n) is 7.39. The van der Waals surface area contributed by atoms with E-state index in [0.29, 0.717) is 28.4 Å². The van der Waals surface area contributed by atoms with Crippen LogP contribution in [0.3, 0.4) is 0 Å². The Morgan fingerprint density at radius 3 is 2.52 bits per heavy atom. The maximum atomic E-state index is 12.7. The number of aromatic hydroxyl groups is 1. The van der Waals surface area contributed by atoms with Gasteiger partial charge in [0.05, 0.1) is 11.7 Å². The molecule has 2 atom stereocenters. The molecule has 3 aromatic carbocycles. The number of phenolic OH excluding ortho intramolecular Hbond substituents is 1. The zero-order valence-corrected chi connectivity index (χ0v) is 16.1. The van der Waals surface area contributed by atoms with Crippen molar-refractivity contribution in [1.82, 2.24) is 0 Å². The fourth-order valence-corrected chi connectivity index (χ4v) is 4.03. The van der Waals surface area contributed by atoms with Gasteiger partial charge in [-0.05, 0) is 43.7 Å². The van der Waals surface area contributed by atoms with Crippen LogP contribution in [0.1, 0.15) is 47.3 Å². The number of phenols is 1. The van der Waals surface area contributed by atoms with E-state index < -0.39 is 5.60 Å². The van der Waals surface area contributed by atoms with Crippen LogP contribution < -0.4 is 9.47 Å². The topological polar surface area (TPSA) is 65.0 Å². The molecule has 5 nitrogen and oxygen atoms in total. The van der Waals surface area contributed by atoms with E-state index in [4.69, 9.17) is 14.2 Å². The van der Waals surface area contributed by atoms with E-state index in [2.05, 4.69) is 6.92 Å². The lowest BCUT2D eigenvalue weighted by Crippen LogP contribution is -2.33. The van der Waals surface area contributed by atoms with Crippen molar-refractivity contribution in [3.63, 3.8) is 0 Å². The average molecular weight is 388 g/mol. The lowest BCUT2D eigenvalue weighted by atomic mass is 9.77. The van der Waals surface area contributed by atoms with Gasteiger partial charge in [-0.25, -0.2) is 4.79 Å². The van der Waals surface area contributed by atoms with Gasteiger partial charge in [0.25, 0.3) is 0 Å². The van der Waals surface area contributed by atoms with Crippen LogP contribution in [0.4, 0.5) is 0 Å². The second-order valence-corrected chi connectivity index (χ2v) is 7.39. The zero-order chi connectivity index (χ0) is 20.2. The minimum atomic E-state index is -1.13. The quantitative estimate of drug-likeness (QED) is 0.630. The maximum Gasteiger partial charge on any atom is 0.340 e. The molecule has 0 saturated carbocycles. The van der Waals surface area contributed by atoms with Crippen LogP contribution >= 0.6 is 0 Å². The predicted molar refractivity (Wildman–Crippen MR) is 107 cm³/mol. The van der Waals surface area contributed by atoms with Crippen LogP contribution in [0.15, 0.2) is 60.7 Å². The number of rotatable bonds is 3. The fraction of sp³-hybridized carbons (Fsp3) is 0.208. The molecule has 29 heavy (non-hydrogen) atoms. The zero-order valence-electron chi connectivity index (χ0n) is 16.1. The predicted octanol–water partition coefficient (Wildman–Crippen LogP) is 5.14. The number of benzene rings is 3. The third-order valence-electron chi connectivity index (χ3n) is 5.58. The Labute approximate surface area is 168 Å². The first-order valence-electron chi connectivity index (χ1n) is 9.68. The van der Waals surface area contributed by atoms with Gasteiger partial charge in [-0.3, -0.25) is 0 Å². The summed E-state index contributed by atoms with van der Waals surface area (Å²) in [7, 11) is 0. The summed E-state index contributed by atoms with van der Waals surface area (Å²) in [6, 6.07) is 17.8. The van der Waals surface area contributed by atoms with Gasteiger partial charge < -0.3 is 19.3 Å². The van der Waals surface area contributed by atoms with Crippen molar-refractivity contribution < 1.29 is 24.1 Å². The van der Waals surface area contributed by atoms with E-state index in [1.165, 1.54) is 6.07 Å². The standard InChI is InChI=1S/C24H20O5/c1-3-14(2)27-16-9-11-20-22(13-16)28-21-12-15(25)8-10-19(21)24(20)18-7-5-4-6-17(18)23(26)29-24/h4-14,25H,3H2,1-2H3. The van der Waals surface area contributed by atoms with E-state index in [-0.39, 0.29) is 17.8 Å². The number of carbonyl (C=O) groups excluding carboxylic acids is 1. The highest BCUT2D eigenvalue weighted by Gasteiger charge is 2.53. The van der Waals surface area contributed by atoms with Gasteiger partial charge in [-0.2, -0.15) is 0 Å². The molecule has 5 rings (SSSR count). The summed E-state index contributed by atoms with van der Waals surface area (Å²) in [4.78, 5) is 12.7. The van der Waals surface area contributed by atoms with Crippen molar-refractivity contribution >= 4 is 5.97 Å². The summed E-state index contributed by atoms with van der Waals surface area (Å²) < 4.78 is 18.1. The summed E-state index contributed by atoms with van der Waals surface area (Å²) >= 11 is 0. The first-order chi connectivity index (χ1) is 14.0. The first kappa shape index (κ1) is 17.6. The highest BCUT2D eigenvalue weighted by atomic mass is 16.6. The van der Waals surface area contributed by atoms with Crippen LogP contribution in [0.5, 0.6) is 23.0 Å². The Morgan fingerprint density at radius 1 is 1.00 bits per heavy atom. The average Bonchev–Trinajstić information content (AvgIpc) is 3.01. The molecule has 1 N–H and O–H groups in total. The molecule has 0 aliphatic carbocycles. The van der Waals surface area contributed by atoms with Gasteiger partial charge in [0.15, 0.2) is 5.60 Å². The van der Waals surface area contributed by atoms with Gasteiger partial charge in [0, 0.05) is 28.8 Å². The number of ether oxygens (including phenoxy) is 3. The van der Waals surface area contributed by atoms with Crippen LogP contribution in [-0.4, -0.2) is 17.2 Å². The highest BCUT2D eigenvalue weighted by molar-refractivity contribution is 5.97. The number of fused-ring (bicyclic) bond motifs is 6. The Hall–Kier alpha value is -3.47. The molecule has 0 amide bonds. The van der Waals surface area contributed by atoms with E-state index >= 15 is 0 Å². The summed E-state index contributed by atoms with van der Waals surface area (Å²) in [6.07, 6.45) is 0.941. The van der Waals surface area contributed by atoms with Crippen molar-refractivity contribution in [2.75, 3.05) is 0 Å². The van der Waals surface area contributed by atoms with E-state index in [0.717, 1.165) is 17.5 Å². The minimum Gasteiger partial charge on any atom is -0.508 e. The van der Waals surface area contributed by atoms with Crippen LogP contribution in [-0.2, 0) is 10.3 Å². The smallest absolute Gasteiger partial charge is 0.340 e. The lowest BCUT2D eigenvalue weighted by molar-refractivity contribution is 0.0224. The monoisotopic (exact) mass is 388 g/mol. The van der Waals surface area contributed by atoms with Crippen molar-refractivity contribution in [2.24, 2.45) is 0 Å². The minimum absolute atomic E-state index is 0.0620. The van der Waals surface area contributed by atoms with E-state index in [9.17, 15) is 9.90 Å². The molecule has 5 heteroatoms. The van der Waals surface area contributed by atoms with Crippen molar-refractivity contribution in [3.8, 4) is 23.0 Å². The summed E-state index contributed by atoms with van der Waals surface area (Å²) in [5, 5.41) is 10.0. The number of esters is 1. The molecular weight excluding hydrogens is 368 g/mol. The lowest BCUT2D eigenvalue weighted by Gasteiger charge is -2.36. The largest absolute Gasteiger partial charge is 0.508 e. The molecule has 2 heterocycles. The number of hydrogen-bond donors (Lipinski definition) is 1. The molecule has 3 aromatic rings. The molecule has 2 unspecified atom stereocenters. The van der Waals surface area contributed by atoms with Crippen LogP contribution in [0.2, 0.25) is 0 Å². The van der Waals surface area contributed by atoms with Gasteiger partial charge in [0.2, 0.25) is 0 Å². The molecule has 0 saturated heterocycles. The molecule has 0 aromatic heterocycles. The number of carbonyl (C=O) groups is 1. The van der Waals surface area contributed by atoms with Gasteiger partial charge in [0.1, 0.15) is 23.0 Å². The second kappa shape index (κ2) is 6.27. The Bertz CT molecular complexity index is 1140. The third kappa shape index (κ3) is 2.50. The van der Waals surface area contributed by atoms with Crippen molar-refractivity contribution in [3.05, 3.63) is 82.9 Å². The molecule has 146 valence electrons. The summed E-state index contributed by atoms with van der Waals surface area (Å²) in [5.74, 6) is 1.35. The molecule has 1 spiro atoms. The van der Waals surface area contributed by atoms with Crippen molar-refractivity contribution in [2.45, 2.75) is 32.0 Å². The SMILES string of the molecule is CCC(C)Oc1ccc2c(c1)Oc1cc(O)ccc1C21OC(=O)c2ccccc21. The molecule has 0 bridgehead atoms. The van der Waals surface area contributed by atoms with Gasteiger partial charge in [-0.1, -0.05) is 25.1 Å².